The SMILES string of the molecule is [NH]C(=O)C=CCCCc1ccccc1. The molecular weight excluding hydrogens is 174 g/mol. The van der Waals surface area contributed by atoms with Crippen LogP contribution in [0.2, 0.25) is 0 Å². The smallest absolute Gasteiger partial charge is 0.262 e. The molecule has 0 aliphatic rings. The standard InChI is InChI=1S/C12H14NO/c13-12(14)10-6-2-5-9-11-7-3-1-4-8-11/h1,3-4,6-8,10,13H,2,5,9H2. The number of benzene rings is 1. The molecule has 0 bridgehead atoms. The Hall–Kier alpha value is -1.57. The van der Waals surface area contributed by atoms with Gasteiger partial charge in [-0.2, -0.15) is 0 Å². The molecule has 0 saturated carbocycles. The van der Waals surface area contributed by atoms with Crippen molar-refractivity contribution in [3.63, 3.8) is 0 Å². The first-order valence-corrected chi connectivity index (χ1v) is 4.75. The van der Waals surface area contributed by atoms with Crippen LogP contribution in [0.4, 0.5) is 0 Å². The lowest BCUT2D eigenvalue weighted by Gasteiger charge is -1.97. The minimum atomic E-state index is -0.621. The van der Waals surface area contributed by atoms with E-state index >= 15 is 0 Å². The largest absolute Gasteiger partial charge is 0.268 e. The molecule has 0 aliphatic carbocycles. The van der Waals surface area contributed by atoms with Crippen molar-refractivity contribution in [1.82, 2.24) is 5.73 Å². The number of hydrogen-bond acceptors (Lipinski definition) is 1. The van der Waals surface area contributed by atoms with E-state index in [1.165, 1.54) is 11.6 Å². The second kappa shape index (κ2) is 5.97. The molecule has 1 aromatic carbocycles. The zero-order chi connectivity index (χ0) is 10.2. The summed E-state index contributed by atoms with van der Waals surface area (Å²) in [7, 11) is 0. The number of unbranched alkanes of at least 4 members (excludes halogenated alkanes) is 1. The number of rotatable bonds is 5. The van der Waals surface area contributed by atoms with Gasteiger partial charge in [-0.25, -0.2) is 0 Å². The Morgan fingerprint density at radius 3 is 2.64 bits per heavy atom. The summed E-state index contributed by atoms with van der Waals surface area (Å²) in [6.07, 6.45) is 5.98. The van der Waals surface area contributed by atoms with E-state index in [0.717, 1.165) is 19.3 Å². The molecule has 0 fully saturated rings. The lowest BCUT2D eigenvalue weighted by atomic mass is 10.1. The fourth-order valence-electron chi connectivity index (χ4n) is 1.26. The minimum absolute atomic E-state index is 0.621. The Balaban J connectivity index is 2.19. The number of carbonyl (C=O) groups excluding carboxylic acids is 1. The zero-order valence-electron chi connectivity index (χ0n) is 8.07. The van der Waals surface area contributed by atoms with Crippen molar-refractivity contribution in [2.45, 2.75) is 19.3 Å². The van der Waals surface area contributed by atoms with E-state index in [0.29, 0.717) is 0 Å². The number of allylic oxidation sites excluding steroid dienone is 1. The summed E-state index contributed by atoms with van der Waals surface area (Å²) in [5.74, 6) is -0.621. The number of nitrogens with one attached hydrogen (secondary N) is 1. The Bertz CT molecular complexity index is 303. The van der Waals surface area contributed by atoms with E-state index in [-0.39, 0.29) is 0 Å². The average molecular weight is 188 g/mol. The average Bonchev–Trinajstić information content (AvgIpc) is 2.18. The molecule has 1 rings (SSSR count). The Labute approximate surface area is 84.4 Å². The van der Waals surface area contributed by atoms with Gasteiger partial charge in [-0.05, 0) is 24.8 Å². The molecule has 2 nitrogen and oxygen atoms in total. The predicted molar refractivity (Wildman–Crippen MR) is 56.6 cm³/mol. The monoisotopic (exact) mass is 188 g/mol. The molecule has 1 amide bonds. The van der Waals surface area contributed by atoms with Crippen LogP contribution in [-0.2, 0) is 11.2 Å². The molecule has 0 aromatic heterocycles. The third-order valence-electron chi connectivity index (χ3n) is 1.95. The molecule has 1 aromatic rings. The third-order valence-corrected chi connectivity index (χ3v) is 1.95. The molecule has 73 valence electrons. The molecular formula is C12H14NO. The Morgan fingerprint density at radius 2 is 2.00 bits per heavy atom. The Kier molecular flexibility index (Phi) is 4.48. The lowest BCUT2D eigenvalue weighted by molar-refractivity contribution is -0.114. The first-order chi connectivity index (χ1) is 6.79. The lowest BCUT2D eigenvalue weighted by Crippen LogP contribution is -1.89. The highest BCUT2D eigenvalue weighted by molar-refractivity contribution is 5.84. The summed E-state index contributed by atoms with van der Waals surface area (Å²) >= 11 is 0. The second-order valence-corrected chi connectivity index (χ2v) is 3.14. The molecule has 0 aliphatic heterocycles. The third kappa shape index (κ3) is 4.45. The van der Waals surface area contributed by atoms with E-state index in [9.17, 15) is 4.79 Å². The second-order valence-electron chi connectivity index (χ2n) is 3.14. The van der Waals surface area contributed by atoms with E-state index in [1.807, 2.05) is 18.2 Å². The van der Waals surface area contributed by atoms with Gasteiger partial charge in [-0.3, -0.25) is 10.5 Å². The van der Waals surface area contributed by atoms with E-state index in [1.54, 1.807) is 6.08 Å². The van der Waals surface area contributed by atoms with Gasteiger partial charge in [0.15, 0.2) is 0 Å². The maximum absolute atomic E-state index is 10.3. The highest BCUT2D eigenvalue weighted by Gasteiger charge is 1.90. The van der Waals surface area contributed by atoms with Crippen molar-refractivity contribution < 1.29 is 4.79 Å². The first-order valence-electron chi connectivity index (χ1n) is 4.75. The first kappa shape index (κ1) is 10.5. The van der Waals surface area contributed by atoms with Gasteiger partial charge >= 0.3 is 0 Å². The number of aryl methyl sites for hydroxylation is 1. The molecule has 0 saturated heterocycles. The quantitative estimate of drug-likeness (QED) is 0.516. The van der Waals surface area contributed by atoms with Crippen molar-refractivity contribution in [2.75, 3.05) is 0 Å². The summed E-state index contributed by atoms with van der Waals surface area (Å²) in [6.45, 7) is 0. The highest BCUT2D eigenvalue weighted by Crippen LogP contribution is 2.04. The van der Waals surface area contributed by atoms with Crippen LogP contribution in [0.5, 0.6) is 0 Å². The van der Waals surface area contributed by atoms with Gasteiger partial charge in [0, 0.05) is 6.08 Å². The topological polar surface area (TPSA) is 40.9 Å². The van der Waals surface area contributed by atoms with Gasteiger partial charge in [0.2, 0.25) is 0 Å². The summed E-state index contributed by atoms with van der Waals surface area (Å²) in [5, 5.41) is 0. The van der Waals surface area contributed by atoms with Crippen LogP contribution in [-0.4, -0.2) is 5.91 Å². The predicted octanol–water partition coefficient (Wildman–Crippen LogP) is 2.38. The normalized spacial score (nSPS) is 10.6. The summed E-state index contributed by atoms with van der Waals surface area (Å²) < 4.78 is 0. The maximum atomic E-state index is 10.3. The molecule has 1 radical (unpaired) electrons. The van der Waals surface area contributed by atoms with Crippen molar-refractivity contribution in [3.8, 4) is 0 Å². The molecule has 0 unspecified atom stereocenters. The molecule has 2 heteroatoms. The van der Waals surface area contributed by atoms with Crippen molar-refractivity contribution in [3.05, 3.63) is 48.0 Å². The molecule has 14 heavy (non-hydrogen) atoms. The van der Waals surface area contributed by atoms with Crippen LogP contribution in [0.15, 0.2) is 42.5 Å². The van der Waals surface area contributed by atoms with Crippen molar-refractivity contribution in [2.24, 2.45) is 0 Å². The van der Waals surface area contributed by atoms with E-state index in [2.05, 4.69) is 12.1 Å². The number of amides is 1. The van der Waals surface area contributed by atoms with Crippen LogP contribution in [0.3, 0.4) is 0 Å². The van der Waals surface area contributed by atoms with Crippen LogP contribution in [0.1, 0.15) is 18.4 Å². The summed E-state index contributed by atoms with van der Waals surface area (Å²) in [4.78, 5) is 10.3. The van der Waals surface area contributed by atoms with E-state index in [4.69, 9.17) is 5.73 Å². The highest BCUT2D eigenvalue weighted by atomic mass is 16.1. The van der Waals surface area contributed by atoms with Gasteiger partial charge in [0.05, 0.1) is 0 Å². The van der Waals surface area contributed by atoms with Gasteiger partial charge in [0.25, 0.3) is 5.91 Å². The summed E-state index contributed by atoms with van der Waals surface area (Å²) in [5.41, 5.74) is 7.97. The Morgan fingerprint density at radius 1 is 1.29 bits per heavy atom. The van der Waals surface area contributed by atoms with Crippen molar-refractivity contribution >= 4 is 5.91 Å². The van der Waals surface area contributed by atoms with Gasteiger partial charge in [-0.15, -0.1) is 0 Å². The molecule has 0 spiro atoms. The zero-order valence-corrected chi connectivity index (χ0v) is 8.07. The van der Waals surface area contributed by atoms with Crippen LogP contribution in [0.25, 0.3) is 0 Å². The minimum Gasteiger partial charge on any atom is -0.268 e. The summed E-state index contributed by atoms with van der Waals surface area (Å²) in [6, 6.07) is 10.2. The fraction of sp³-hybridized carbons (Fsp3) is 0.250. The fourth-order valence-corrected chi connectivity index (χ4v) is 1.26. The van der Waals surface area contributed by atoms with Crippen molar-refractivity contribution in [1.29, 1.82) is 0 Å². The van der Waals surface area contributed by atoms with Crippen LogP contribution < -0.4 is 5.73 Å². The van der Waals surface area contributed by atoms with Gasteiger partial charge < -0.3 is 0 Å². The van der Waals surface area contributed by atoms with E-state index < -0.39 is 5.91 Å². The van der Waals surface area contributed by atoms with Gasteiger partial charge in [-0.1, -0.05) is 36.4 Å². The number of hydrogen-bond donors (Lipinski definition) is 0. The van der Waals surface area contributed by atoms with Crippen LogP contribution >= 0.6 is 0 Å². The molecule has 0 atom stereocenters. The van der Waals surface area contributed by atoms with Gasteiger partial charge in [0.1, 0.15) is 0 Å². The van der Waals surface area contributed by atoms with Crippen LogP contribution in [0, 0.1) is 0 Å². The number of carbonyl (C=O) groups is 1. The molecule has 0 heterocycles. The maximum Gasteiger partial charge on any atom is 0.262 e. The molecule has 1 N–H and O–H groups in total.